The summed E-state index contributed by atoms with van der Waals surface area (Å²) in [4.78, 5) is 0. The molecule has 0 aromatic heterocycles. The van der Waals surface area contributed by atoms with Crippen molar-refractivity contribution in [3.05, 3.63) is 164 Å². The molecule has 0 spiro atoms. The van der Waals surface area contributed by atoms with Crippen LogP contribution in [-0.4, -0.2) is 15.3 Å². The van der Waals surface area contributed by atoms with Gasteiger partial charge in [0.15, 0.2) is 0 Å². The Morgan fingerprint density at radius 3 is 0.578 bits per heavy atom. The van der Waals surface area contributed by atoms with E-state index in [1.165, 1.54) is 0 Å². The minimum absolute atomic E-state index is 0.184. The molecule has 0 aliphatic rings. The smallest absolute Gasteiger partial charge is 0.115 e. The summed E-state index contributed by atoms with van der Waals surface area (Å²) in [5, 5.41) is 31.0. The van der Waals surface area contributed by atoms with Gasteiger partial charge in [-0.3, -0.25) is 0 Å². The second kappa shape index (κ2) is 11.9. The highest BCUT2D eigenvalue weighted by molar-refractivity contribution is 6.15. The van der Waals surface area contributed by atoms with Crippen LogP contribution in [0.3, 0.4) is 0 Å². The average Bonchev–Trinajstić information content (AvgIpc) is 3.09. The molecule has 3 N–H and O–H groups in total. The molecule has 3 heteroatoms. The van der Waals surface area contributed by atoms with Gasteiger partial charge in [-0.1, -0.05) is 127 Å². The second-order valence-corrected chi connectivity index (χ2v) is 11.0. The number of rotatable bonds is 6. The zero-order valence-electron chi connectivity index (χ0n) is 24.4. The van der Waals surface area contributed by atoms with Crippen LogP contribution in [-0.2, 0) is 0 Å². The third-order valence-electron chi connectivity index (χ3n) is 8.16. The maximum Gasteiger partial charge on any atom is 0.115 e. The van der Waals surface area contributed by atoms with Gasteiger partial charge in [0.05, 0.1) is 0 Å². The molecule has 3 nitrogen and oxygen atoms in total. The van der Waals surface area contributed by atoms with E-state index in [1.54, 1.807) is 36.4 Å². The van der Waals surface area contributed by atoms with E-state index in [0.29, 0.717) is 0 Å². The molecular weight excluding hydrogens is 552 g/mol. The minimum Gasteiger partial charge on any atom is -0.508 e. The van der Waals surface area contributed by atoms with Crippen LogP contribution in [0.1, 0.15) is 0 Å². The van der Waals surface area contributed by atoms with Crippen molar-refractivity contribution in [2.45, 2.75) is 0 Å². The maximum absolute atomic E-state index is 10.3. The van der Waals surface area contributed by atoms with E-state index in [4.69, 9.17) is 0 Å². The zero-order chi connectivity index (χ0) is 30.8. The highest BCUT2D eigenvalue weighted by Gasteiger charge is 2.29. The van der Waals surface area contributed by atoms with Gasteiger partial charge in [-0.05, 0) is 103 Å². The van der Waals surface area contributed by atoms with E-state index >= 15 is 0 Å². The molecule has 7 aromatic carbocycles. The molecule has 0 saturated heterocycles. The van der Waals surface area contributed by atoms with Gasteiger partial charge >= 0.3 is 0 Å². The first-order chi connectivity index (χ1) is 22.1. The zero-order valence-corrected chi connectivity index (χ0v) is 24.4. The fraction of sp³-hybridized carbons (Fsp3) is 0. The summed E-state index contributed by atoms with van der Waals surface area (Å²) in [5.41, 5.74) is 12.1. The van der Waals surface area contributed by atoms with E-state index in [-0.39, 0.29) is 17.2 Å². The largest absolute Gasteiger partial charge is 0.508 e. The Labute approximate surface area is 262 Å². The Morgan fingerprint density at radius 2 is 0.378 bits per heavy atom. The van der Waals surface area contributed by atoms with Gasteiger partial charge in [0, 0.05) is 0 Å². The summed E-state index contributed by atoms with van der Waals surface area (Å²) in [6.45, 7) is 0. The Balaban J connectivity index is 1.81. The molecule has 7 aromatic rings. The lowest BCUT2D eigenvalue weighted by atomic mass is 9.74. The van der Waals surface area contributed by atoms with E-state index in [0.717, 1.165) is 66.8 Å². The van der Waals surface area contributed by atoms with Crippen molar-refractivity contribution in [2.75, 3.05) is 0 Å². The SMILES string of the molecule is Oc1ccc(-c2c(-c3ccccc3)c(-c3ccccc3)c(-c3ccccc3)c(-c3ccc(O)cc3)c2-c2ccc(O)cc2)cc1. The van der Waals surface area contributed by atoms with Crippen molar-refractivity contribution in [2.24, 2.45) is 0 Å². The van der Waals surface area contributed by atoms with Gasteiger partial charge in [0.2, 0.25) is 0 Å². The van der Waals surface area contributed by atoms with E-state index in [1.807, 2.05) is 54.6 Å². The molecule has 0 fully saturated rings. The number of benzene rings is 7. The molecule has 0 heterocycles. The summed E-state index contributed by atoms with van der Waals surface area (Å²) in [6, 6.07) is 53.3. The summed E-state index contributed by atoms with van der Waals surface area (Å²) < 4.78 is 0. The lowest BCUT2D eigenvalue weighted by Crippen LogP contribution is -2.02. The predicted molar refractivity (Wildman–Crippen MR) is 184 cm³/mol. The van der Waals surface area contributed by atoms with Crippen LogP contribution in [0, 0.1) is 0 Å². The van der Waals surface area contributed by atoms with Crippen molar-refractivity contribution in [1.82, 2.24) is 0 Å². The van der Waals surface area contributed by atoms with E-state index in [9.17, 15) is 15.3 Å². The third-order valence-corrected chi connectivity index (χ3v) is 8.16. The maximum atomic E-state index is 10.3. The highest BCUT2D eigenvalue weighted by atomic mass is 16.3. The van der Waals surface area contributed by atoms with Crippen molar-refractivity contribution in [1.29, 1.82) is 0 Å². The first-order valence-corrected chi connectivity index (χ1v) is 14.9. The monoisotopic (exact) mass is 582 g/mol. The van der Waals surface area contributed by atoms with Gasteiger partial charge < -0.3 is 15.3 Å². The fourth-order valence-electron chi connectivity index (χ4n) is 6.18. The summed E-state index contributed by atoms with van der Waals surface area (Å²) in [7, 11) is 0. The molecule has 0 aliphatic heterocycles. The van der Waals surface area contributed by atoms with Crippen molar-refractivity contribution >= 4 is 0 Å². The van der Waals surface area contributed by atoms with Gasteiger partial charge in [-0.25, -0.2) is 0 Å². The summed E-state index contributed by atoms with van der Waals surface area (Å²) in [5.74, 6) is 0.562. The molecule has 7 rings (SSSR count). The van der Waals surface area contributed by atoms with Crippen molar-refractivity contribution in [3.8, 4) is 84.0 Å². The Bertz CT molecular complexity index is 1960. The molecule has 0 saturated carbocycles. The van der Waals surface area contributed by atoms with Crippen LogP contribution in [0.4, 0.5) is 0 Å². The molecule has 216 valence electrons. The Kier molecular flexibility index (Phi) is 7.34. The number of hydrogen-bond acceptors (Lipinski definition) is 3. The molecule has 0 amide bonds. The number of hydrogen-bond donors (Lipinski definition) is 3. The number of phenols is 3. The number of aromatic hydroxyl groups is 3. The Morgan fingerprint density at radius 1 is 0.200 bits per heavy atom. The lowest BCUT2D eigenvalue weighted by molar-refractivity contribution is 0.475. The van der Waals surface area contributed by atoms with Crippen LogP contribution in [0.2, 0.25) is 0 Å². The van der Waals surface area contributed by atoms with Crippen LogP contribution < -0.4 is 0 Å². The average molecular weight is 583 g/mol. The molecule has 45 heavy (non-hydrogen) atoms. The molecular formula is C42H30O3. The Hall–Kier alpha value is -6.06. The molecule has 0 radical (unpaired) electrons. The predicted octanol–water partition coefficient (Wildman–Crippen LogP) is 10.8. The van der Waals surface area contributed by atoms with Crippen molar-refractivity contribution in [3.63, 3.8) is 0 Å². The number of phenolic OH excluding ortho intramolecular Hbond substituents is 3. The van der Waals surface area contributed by atoms with Gasteiger partial charge in [0.1, 0.15) is 17.2 Å². The fourth-order valence-corrected chi connectivity index (χ4v) is 6.18. The lowest BCUT2D eigenvalue weighted by Gasteiger charge is -2.28. The molecule has 0 unspecified atom stereocenters. The van der Waals surface area contributed by atoms with E-state index in [2.05, 4.69) is 72.8 Å². The van der Waals surface area contributed by atoms with Crippen LogP contribution >= 0.6 is 0 Å². The first-order valence-electron chi connectivity index (χ1n) is 14.9. The van der Waals surface area contributed by atoms with Crippen molar-refractivity contribution < 1.29 is 15.3 Å². The van der Waals surface area contributed by atoms with Crippen LogP contribution in [0.15, 0.2) is 164 Å². The minimum atomic E-state index is 0.184. The molecule has 0 aliphatic carbocycles. The first kappa shape index (κ1) is 27.8. The van der Waals surface area contributed by atoms with Gasteiger partial charge in [-0.2, -0.15) is 0 Å². The standard InChI is InChI=1S/C42H30O3/c43-34-22-16-31(17-23-34)40-38(29-12-6-2-7-13-29)37(28-10-4-1-5-11-28)39(30-14-8-3-9-15-30)41(32-18-24-35(44)25-19-32)42(40)33-20-26-36(45)27-21-33/h1-27,43-45H. The normalized spacial score (nSPS) is 10.9. The second-order valence-electron chi connectivity index (χ2n) is 11.0. The van der Waals surface area contributed by atoms with E-state index < -0.39 is 0 Å². The van der Waals surface area contributed by atoms with Gasteiger partial charge in [-0.15, -0.1) is 0 Å². The molecule has 0 bridgehead atoms. The summed E-state index contributed by atoms with van der Waals surface area (Å²) in [6.07, 6.45) is 0. The molecule has 0 atom stereocenters. The quantitative estimate of drug-likeness (QED) is 0.183. The summed E-state index contributed by atoms with van der Waals surface area (Å²) >= 11 is 0. The van der Waals surface area contributed by atoms with Crippen LogP contribution in [0.5, 0.6) is 17.2 Å². The topological polar surface area (TPSA) is 60.7 Å². The highest BCUT2D eigenvalue weighted by Crippen LogP contribution is 2.56. The van der Waals surface area contributed by atoms with Crippen LogP contribution in [0.25, 0.3) is 66.8 Å². The third kappa shape index (κ3) is 5.32. The van der Waals surface area contributed by atoms with Gasteiger partial charge in [0.25, 0.3) is 0 Å².